The SMILES string of the molecule is CC1COc2ccccc2N1C(=O)CCc1cnn(-c2ccccc2)c1. The number of ether oxygens (including phenoxy) is 1. The molecule has 0 saturated heterocycles. The van der Waals surface area contributed by atoms with Crippen LogP contribution in [-0.2, 0) is 11.2 Å². The zero-order chi connectivity index (χ0) is 17.9. The molecule has 0 spiro atoms. The molecule has 1 aliphatic rings. The number of carbonyl (C=O) groups is 1. The fourth-order valence-corrected chi connectivity index (χ4v) is 3.26. The normalized spacial score (nSPS) is 16.0. The molecule has 0 saturated carbocycles. The predicted molar refractivity (Wildman–Crippen MR) is 101 cm³/mol. The Morgan fingerprint density at radius 2 is 1.92 bits per heavy atom. The number of para-hydroxylation sites is 3. The smallest absolute Gasteiger partial charge is 0.227 e. The van der Waals surface area contributed by atoms with Gasteiger partial charge in [-0.3, -0.25) is 4.79 Å². The molecule has 132 valence electrons. The van der Waals surface area contributed by atoms with Gasteiger partial charge in [-0.15, -0.1) is 0 Å². The Kier molecular flexibility index (Phi) is 4.44. The summed E-state index contributed by atoms with van der Waals surface area (Å²) in [6, 6.07) is 17.7. The lowest BCUT2D eigenvalue weighted by Gasteiger charge is -2.35. The summed E-state index contributed by atoms with van der Waals surface area (Å²) in [5, 5.41) is 4.40. The van der Waals surface area contributed by atoms with Crippen molar-refractivity contribution in [1.29, 1.82) is 0 Å². The number of fused-ring (bicyclic) bond motifs is 1. The van der Waals surface area contributed by atoms with Gasteiger partial charge in [0.05, 0.1) is 23.6 Å². The fourth-order valence-electron chi connectivity index (χ4n) is 3.26. The van der Waals surface area contributed by atoms with E-state index in [1.807, 2.05) is 83.5 Å². The lowest BCUT2D eigenvalue weighted by atomic mass is 10.1. The van der Waals surface area contributed by atoms with Gasteiger partial charge < -0.3 is 9.64 Å². The van der Waals surface area contributed by atoms with Crippen molar-refractivity contribution in [3.63, 3.8) is 0 Å². The molecule has 5 heteroatoms. The Morgan fingerprint density at radius 1 is 1.15 bits per heavy atom. The lowest BCUT2D eigenvalue weighted by molar-refractivity contribution is -0.119. The van der Waals surface area contributed by atoms with Gasteiger partial charge >= 0.3 is 0 Å². The monoisotopic (exact) mass is 347 g/mol. The van der Waals surface area contributed by atoms with E-state index in [2.05, 4.69) is 5.10 Å². The van der Waals surface area contributed by atoms with Gasteiger partial charge in [-0.2, -0.15) is 5.10 Å². The quantitative estimate of drug-likeness (QED) is 0.724. The van der Waals surface area contributed by atoms with E-state index in [4.69, 9.17) is 4.74 Å². The maximum absolute atomic E-state index is 12.9. The summed E-state index contributed by atoms with van der Waals surface area (Å²) in [4.78, 5) is 14.7. The van der Waals surface area contributed by atoms with Crippen molar-refractivity contribution in [1.82, 2.24) is 9.78 Å². The van der Waals surface area contributed by atoms with Crippen LogP contribution in [0.1, 0.15) is 18.9 Å². The van der Waals surface area contributed by atoms with E-state index < -0.39 is 0 Å². The van der Waals surface area contributed by atoms with E-state index >= 15 is 0 Å². The van der Waals surface area contributed by atoms with E-state index in [1.165, 1.54) is 0 Å². The predicted octanol–water partition coefficient (Wildman–Crippen LogP) is 3.62. The average molecular weight is 347 g/mol. The Labute approximate surface area is 152 Å². The summed E-state index contributed by atoms with van der Waals surface area (Å²) in [7, 11) is 0. The second-order valence-corrected chi connectivity index (χ2v) is 6.52. The molecule has 2 heterocycles. The van der Waals surface area contributed by atoms with Crippen LogP contribution in [0.5, 0.6) is 5.75 Å². The third-order valence-electron chi connectivity index (χ3n) is 4.60. The first-order valence-corrected chi connectivity index (χ1v) is 8.85. The van der Waals surface area contributed by atoms with Crippen molar-refractivity contribution in [2.24, 2.45) is 0 Å². The molecule has 3 aromatic rings. The van der Waals surface area contributed by atoms with Crippen molar-refractivity contribution in [2.75, 3.05) is 11.5 Å². The Bertz CT molecular complexity index is 904. The molecule has 0 aliphatic carbocycles. The van der Waals surface area contributed by atoms with Gasteiger partial charge in [-0.25, -0.2) is 4.68 Å². The summed E-state index contributed by atoms with van der Waals surface area (Å²) in [6.07, 6.45) is 4.92. The van der Waals surface area contributed by atoms with E-state index in [0.717, 1.165) is 22.7 Å². The summed E-state index contributed by atoms with van der Waals surface area (Å²) in [6.45, 7) is 2.54. The van der Waals surface area contributed by atoms with E-state index in [-0.39, 0.29) is 11.9 Å². The number of hydrogen-bond acceptors (Lipinski definition) is 3. The highest BCUT2D eigenvalue weighted by atomic mass is 16.5. The number of carbonyl (C=O) groups excluding carboxylic acids is 1. The number of rotatable bonds is 4. The first-order chi connectivity index (χ1) is 12.7. The highest BCUT2D eigenvalue weighted by Crippen LogP contribution is 2.34. The summed E-state index contributed by atoms with van der Waals surface area (Å²) >= 11 is 0. The number of aromatic nitrogens is 2. The number of nitrogens with zero attached hydrogens (tertiary/aromatic N) is 3. The van der Waals surface area contributed by atoms with Crippen molar-refractivity contribution in [3.05, 3.63) is 72.6 Å². The van der Waals surface area contributed by atoms with Gasteiger partial charge in [0.15, 0.2) is 0 Å². The molecule has 0 radical (unpaired) electrons. The fraction of sp³-hybridized carbons (Fsp3) is 0.238. The van der Waals surface area contributed by atoms with Crippen molar-refractivity contribution >= 4 is 11.6 Å². The van der Waals surface area contributed by atoms with Gasteiger partial charge in [0, 0.05) is 12.6 Å². The van der Waals surface area contributed by atoms with Crippen LogP contribution in [0, 0.1) is 0 Å². The zero-order valence-corrected chi connectivity index (χ0v) is 14.7. The molecule has 1 aliphatic heterocycles. The third kappa shape index (κ3) is 3.20. The maximum Gasteiger partial charge on any atom is 0.227 e. The van der Waals surface area contributed by atoms with Crippen LogP contribution < -0.4 is 9.64 Å². The molecule has 2 aromatic carbocycles. The molecule has 4 rings (SSSR count). The van der Waals surface area contributed by atoms with Crippen molar-refractivity contribution < 1.29 is 9.53 Å². The number of amides is 1. The van der Waals surface area contributed by atoms with Crippen LogP contribution in [-0.4, -0.2) is 28.3 Å². The molecule has 0 N–H and O–H groups in total. The molecule has 1 aromatic heterocycles. The first kappa shape index (κ1) is 16.4. The summed E-state index contributed by atoms with van der Waals surface area (Å²) in [5.74, 6) is 0.886. The van der Waals surface area contributed by atoms with Gasteiger partial charge in [0.25, 0.3) is 0 Å². The molecule has 5 nitrogen and oxygen atoms in total. The molecule has 1 amide bonds. The van der Waals surface area contributed by atoms with E-state index in [9.17, 15) is 4.79 Å². The van der Waals surface area contributed by atoms with Gasteiger partial charge in [0.2, 0.25) is 5.91 Å². The zero-order valence-electron chi connectivity index (χ0n) is 14.7. The topological polar surface area (TPSA) is 47.4 Å². The minimum absolute atomic E-state index is 0.0319. The van der Waals surface area contributed by atoms with Crippen LogP contribution in [0.25, 0.3) is 5.69 Å². The van der Waals surface area contributed by atoms with Crippen LogP contribution in [0.3, 0.4) is 0 Å². The minimum Gasteiger partial charge on any atom is -0.489 e. The number of hydrogen-bond donors (Lipinski definition) is 0. The second-order valence-electron chi connectivity index (χ2n) is 6.52. The minimum atomic E-state index is 0.0319. The van der Waals surface area contributed by atoms with Crippen LogP contribution >= 0.6 is 0 Å². The molecule has 0 bridgehead atoms. The highest BCUT2D eigenvalue weighted by molar-refractivity contribution is 5.96. The molecule has 26 heavy (non-hydrogen) atoms. The molecule has 0 fully saturated rings. The van der Waals surface area contributed by atoms with Gasteiger partial charge in [-0.1, -0.05) is 30.3 Å². The Morgan fingerprint density at radius 3 is 2.77 bits per heavy atom. The standard InChI is InChI=1S/C21H21N3O2/c1-16-15-26-20-10-6-5-9-19(20)24(16)21(25)12-11-17-13-22-23(14-17)18-7-3-2-4-8-18/h2-10,13-14,16H,11-12,15H2,1H3. The lowest BCUT2D eigenvalue weighted by Crippen LogP contribution is -2.45. The Hall–Kier alpha value is -3.08. The number of anilines is 1. The van der Waals surface area contributed by atoms with Crippen LogP contribution in [0.2, 0.25) is 0 Å². The summed E-state index contributed by atoms with van der Waals surface area (Å²) < 4.78 is 7.56. The summed E-state index contributed by atoms with van der Waals surface area (Å²) in [5.41, 5.74) is 2.92. The largest absolute Gasteiger partial charge is 0.489 e. The van der Waals surface area contributed by atoms with Crippen LogP contribution in [0.15, 0.2) is 67.0 Å². The Balaban J connectivity index is 1.46. The number of benzene rings is 2. The highest BCUT2D eigenvalue weighted by Gasteiger charge is 2.28. The molecular weight excluding hydrogens is 326 g/mol. The van der Waals surface area contributed by atoms with Crippen molar-refractivity contribution in [2.45, 2.75) is 25.8 Å². The maximum atomic E-state index is 12.9. The van der Waals surface area contributed by atoms with Gasteiger partial charge in [-0.05, 0) is 43.2 Å². The average Bonchev–Trinajstić information content (AvgIpc) is 3.16. The number of aryl methyl sites for hydroxylation is 1. The second kappa shape index (κ2) is 7.04. The van der Waals surface area contributed by atoms with Gasteiger partial charge in [0.1, 0.15) is 12.4 Å². The molecular formula is C21H21N3O2. The molecule has 1 unspecified atom stereocenters. The molecule has 1 atom stereocenters. The van der Waals surface area contributed by atoms with Crippen LogP contribution in [0.4, 0.5) is 5.69 Å². The first-order valence-electron chi connectivity index (χ1n) is 8.85. The van der Waals surface area contributed by atoms with E-state index in [0.29, 0.717) is 19.4 Å². The van der Waals surface area contributed by atoms with E-state index in [1.54, 1.807) is 0 Å². The third-order valence-corrected chi connectivity index (χ3v) is 4.60. The van der Waals surface area contributed by atoms with Crippen molar-refractivity contribution in [3.8, 4) is 11.4 Å².